The van der Waals surface area contributed by atoms with E-state index in [1.54, 1.807) is 4.90 Å². The van der Waals surface area contributed by atoms with Crippen molar-refractivity contribution in [3.63, 3.8) is 0 Å². The molecule has 0 bridgehead atoms. The van der Waals surface area contributed by atoms with Crippen LogP contribution in [0, 0.1) is 0 Å². The number of alkyl halides is 2. The first-order chi connectivity index (χ1) is 15.4. The predicted octanol–water partition coefficient (Wildman–Crippen LogP) is 3.30. The molecule has 170 valence electrons. The van der Waals surface area contributed by atoms with Crippen molar-refractivity contribution < 1.29 is 37.4 Å². The van der Waals surface area contributed by atoms with Crippen LogP contribution in [-0.2, 0) is 9.53 Å². The molecule has 2 aromatic rings. The number of nitrogens with zero attached hydrogens (tertiary/aromatic N) is 1. The van der Waals surface area contributed by atoms with Crippen LogP contribution in [0.4, 0.5) is 8.78 Å². The molecule has 8 nitrogen and oxygen atoms in total. The molecule has 1 aliphatic heterocycles. The molecule has 3 rings (SSSR count). The molecule has 1 saturated heterocycles. The number of likely N-dealkylation sites (tertiary alicyclic amines) is 1. The van der Waals surface area contributed by atoms with E-state index in [2.05, 4.69) is 9.72 Å². The minimum atomic E-state index is -2.99. The summed E-state index contributed by atoms with van der Waals surface area (Å²) < 4.78 is 39.0. The van der Waals surface area contributed by atoms with Crippen molar-refractivity contribution >= 4 is 23.7 Å². The van der Waals surface area contributed by atoms with E-state index in [4.69, 9.17) is 9.47 Å². The van der Waals surface area contributed by atoms with Gasteiger partial charge in [0.15, 0.2) is 18.1 Å². The number of H-pyrrole nitrogens is 1. The molecule has 32 heavy (non-hydrogen) atoms. The number of ketones is 1. The van der Waals surface area contributed by atoms with Gasteiger partial charge < -0.3 is 24.1 Å². The van der Waals surface area contributed by atoms with Gasteiger partial charge in [-0.3, -0.25) is 9.59 Å². The summed E-state index contributed by atoms with van der Waals surface area (Å²) in [6, 6.07) is 5.59. The summed E-state index contributed by atoms with van der Waals surface area (Å²) >= 11 is 0. The Morgan fingerprint density at radius 1 is 1.16 bits per heavy atom. The van der Waals surface area contributed by atoms with Crippen molar-refractivity contribution in [2.75, 3.05) is 26.8 Å². The Labute approximate surface area is 182 Å². The van der Waals surface area contributed by atoms with Crippen molar-refractivity contribution in [1.82, 2.24) is 9.88 Å². The average molecular weight is 448 g/mol. The maximum Gasteiger partial charge on any atom is 0.387 e. The smallest absolute Gasteiger partial charge is 0.387 e. The minimum Gasteiger partial charge on any atom is -0.493 e. The fourth-order valence-corrected chi connectivity index (χ4v) is 3.18. The summed E-state index contributed by atoms with van der Waals surface area (Å²) in [5.74, 6) is -1.46. The number of hydrogen-bond donors (Lipinski definition) is 1. The lowest BCUT2D eigenvalue weighted by Gasteiger charge is -2.13. The van der Waals surface area contributed by atoms with Crippen LogP contribution >= 0.6 is 0 Å². The molecule has 10 heteroatoms. The van der Waals surface area contributed by atoms with Gasteiger partial charge in [-0.25, -0.2) is 4.79 Å². The zero-order chi connectivity index (χ0) is 23.1. The van der Waals surface area contributed by atoms with Crippen LogP contribution in [-0.4, -0.2) is 61.0 Å². The molecular weight excluding hydrogens is 426 g/mol. The Morgan fingerprint density at radius 3 is 2.59 bits per heavy atom. The highest BCUT2D eigenvalue weighted by atomic mass is 19.3. The van der Waals surface area contributed by atoms with Crippen LogP contribution in [0.2, 0.25) is 0 Å². The SMILES string of the molecule is COc1cc(/C=C/C(=O)OCC(=O)c2c[nH]c(C(=O)N3CCCC3)c2)ccc1OC(F)F. The number of halogens is 2. The first kappa shape index (κ1) is 23.0. The monoisotopic (exact) mass is 448 g/mol. The van der Waals surface area contributed by atoms with E-state index in [1.807, 2.05) is 0 Å². The summed E-state index contributed by atoms with van der Waals surface area (Å²) in [5, 5.41) is 0. The average Bonchev–Trinajstić information content (AvgIpc) is 3.48. The Balaban J connectivity index is 1.53. The van der Waals surface area contributed by atoms with E-state index >= 15 is 0 Å². The number of carbonyl (C=O) groups is 3. The Morgan fingerprint density at radius 2 is 1.91 bits per heavy atom. The highest BCUT2D eigenvalue weighted by molar-refractivity contribution is 6.01. The Kier molecular flexibility index (Phi) is 7.58. The number of hydrogen-bond acceptors (Lipinski definition) is 6. The topological polar surface area (TPSA) is 97.9 Å². The standard InChI is InChI=1S/C22H22F2N2O6/c1-30-19-10-14(4-6-18(19)32-22(23)24)5-7-20(28)31-13-17(27)15-11-16(25-12-15)21(29)26-8-2-3-9-26/h4-7,10-12,22,25H,2-3,8-9,13H2,1H3/b7-5+. The molecule has 0 atom stereocenters. The van der Waals surface area contributed by atoms with Crippen LogP contribution in [0.1, 0.15) is 39.3 Å². The fourth-order valence-electron chi connectivity index (χ4n) is 3.18. The lowest BCUT2D eigenvalue weighted by molar-refractivity contribution is -0.136. The molecule has 1 aromatic carbocycles. The van der Waals surface area contributed by atoms with E-state index < -0.39 is 25.0 Å². The molecule has 0 saturated carbocycles. The summed E-state index contributed by atoms with van der Waals surface area (Å²) in [6.45, 7) is -2.10. The van der Waals surface area contributed by atoms with Gasteiger partial charge in [-0.15, -0.1) is 0 Å². The van der Waals surface area contributed by atoms with Crippen molar-refractivity contribution in [3.05, 3.63) is 53.4 Å². The molecule has 0 spiro atoms. The minimum absolute atomic E-state index is 0.0720. The zero-order valence-electron chi connectivity index (χ0n) is 17.3. The number of rotatable bonds is 9. The van der Waals surface area contributed by atoms with Crippen molar-refractivity contribution in [3.8, 4) is 11.5 Å². The fraction of sp³-hybridized carbons (Fsp3) is 0.318. The van der Waals surface area contributed by atoms with Gasteiger partial charge in [-0.05, 0) is 42.7 Å². The number of nitrogens with one attached hydrogen (secondary N) is 1. The molecule has 2 heterocycles. The summed E-state index contributed by atoms with van der Waals surface area (Å²) in [5.41, 5.74) is 1.03. The second-order valence-electron chi connectivity index (χ2n) is 6.95. The first-order valence-corrected chi connectivity index (χ1v) is 9.86. The Hall–Kier alpha value is -3.69. The van der Waals surface area contributed by atoms with Gasteiger partial charge in [0.2, 0.25) is 5.78 Å². The number of Topliss-reactive ketones (excluding diaryl/α,β-unsaturated/α-hetero) is 1. The van der Waals surface area contributed by atoms with E-state index in [-0.39, 0.29) is 23.0 Å². The Bertz CT molecular complexity index is 1010. The number of benzene rings is 1. The van der Waals surface area contributed by atoms with Gasteiger partial charge in [0.1, 0.15) is 5.69 Å². The summed E-state index contributed by atoms with van der Waals surface area (Å²) in [6.07, 6.45) is 5.80. The second-order valence-corrected chi connectivity index (χ2v) is 6.95. The van der Waals surface area contributed by atoms with Crippen molar-refractivity contribution in [1.29, 1.82) is 0 Å². The molecule has 1 N–H and O–H groups in total. The van der Waals surface area contributed by atoms with E-state index in [1.165, 1.54) is 43.6 Å². The van der Waals surface area contributed by atoms with Gasteiger partial charge in [0, 0.05) is 30.9 Å². The second kappa shape index (κ2) is 10.6. The van der Waals surface area contributed by atoms with Gasteiger partial charge in [-0.1, -0.05) is 6.07 Å². The van der Waals surface area contributed by atoms with Gasteiger partial charge in [0.05, 0.1) is 7.11 Å². The van der Waals surface area contributed by atoms with E-state index in [9.17, 15) is 23.2 Å². The number of ether oxygens (including phenoxy) is 3. The number of methoxy groups -OCH3 is 1. The van der Waals surface area contributed by atoms with Crippen LogP contribution < -0.4 is 9.47 Å². The van der Waals surface area contributed by atoms with Gasteiger partial charge in [0.25, 0.3) is 5.91 Å². The number of aromatic nitrogens is 1. The largest absolute Gasteiger partial charge is 0.493 e. The summed E-state index contributed by atoms with van der Waals surface area (Å²) in [4.78, 5) is 41.0. The number of aromatic amines is 1. The first-order valence-electron chi connectivity index (χ1n) is 9.86. The number of amides is 1. The molecule has 0 unspecified atom stereocenters. The third kappa shape index (κ3) is 5.93. The maximum absolute atomic E-state index is 12.4. The lowest BCUT2D eigenvalue weighted by atomic mass is 10.2. The zero-order valence-corrected chi connectivity index (χ0v) is 17.3. The van der Waals surface area contributed by atoms with Crippen molar-refractivity contribution in [2.24, 2.45) is 0 Å². The molecule has 1 amide bonds. The third-order valence-corrected chi connectivity index (χ3v) is 4.79. The highest BCUT2D eigenvalue weighted by Gasteiger charge is 2.22. The molecule has 0 radical (unpaired) electrons. The number of esters is 1. The van der Waals surface area contributed by atoms with Crippen LogP contribution in [0.5, 0.6) is 11.5 Å². The van der Waals surface area contributed by atoms with Gasteiger partial charge in [-0.2, -0.15) is 8.78 Å². The molecular formula is C22H22F2N2O6. The van der Waals surface area contributed by atoms with Crippen LogP contribution in [0.15, 0.2) is 36.5 Å². The maximum atomic E-state index is 12.4. The van der Waals surface area contributed by atoms with E-state index in [0.29, 0.717) is 24.3 Å². The van der Waals surface area contributed by atoms with Crippen LogP contribution in [0.3, 0.4) is 0 Å². The highest BCUT2D eigenvalue weighted by Crippen LogP contribution is 2.29. The summed E-state index contributed by atoms with van der Waals surface area (Å²) in [7, 11) is 1.30. The number of carbonyl (C=O) groups excluding carboxylic acids is 3. The normalized spacial score (nSPS) is 13.6. The molecule has 1 fully saturated rings. The van der Waals surface area contributed by atoms with E-state index in [0.717, 1.165) is 18.9 Å². The lowest BCUT2D eigenvalue weighted by Crippen LogP contribution is -2.27. The molecule has 1 aliphatic rings. The molecule has 1 aromatic heterocycles. The quantitative estimate of drug-likeness (QED) is 0.359. The third-order valence-electron chi connectivity index (χ3n) is 4.79. The van der Waals surface area contributed by atoms with Gasteiger partial charge >= 0.3 is 12.6 Å². The predicted molar refractivity (Wildman–Crippen MR) is 110 cm³/mol. The van der Waals surface area contributed by atoms with Crippen molar-refractivity contribution in [2.45, 2.75) is 19.5 Å². The van der Waals surface area contributed by atoms with Crippen LogP contribution in [0.25, 0.3) is 6.08 Å². The molecule has 0 aliphatic carbocycles.